The van der Waals surface area contributed by atoms with Gasteiger partial charge < -0.3 is 24.3 Å². The molecule has 1 aliphatic heterocycles. The molecular weight excluding hydrogens is 414 g/mol. The van der Waals surface area contributed by atoms with Gasteiger partial charge in [-0.05, 0) is 52.8 Å². The fourth-order valence-corrected chi connectivity index (χ4v) is 3.39. The molecule has 8 heteroatoms. The average Bonchev–Trinajstić information content (AvgIpc) is 3.14. The van der Waals surface area contributed by atoms with Crippen LogP contribution in [0.25, 0.3) is 0 Å². The van der Waals surface area contributed by atoms with Crippen LogP contribution in [0.1, 0.15) is 27.8 Å². The number of furan rings is 1. The zero-order chi connectivity index (χ0) is 19.4. The van der Waals surface area contributed by atoms with E-state index in [-0.39, 0.29) is 11.7 Å². The molecule has 0 aliphatic carbocycles. The van der Waals surface area contributed by atoms with Crippen LogP contribution in [0.3, 0.4) is 0 Å². The van der Waals surface area contributed by atoms with Gasteiger partial charge in [-0.1, -0.05) is 6.92 Å². The summed E-state index contributed by atoms with van der Waals surface area (Å²) >= 11 is 3.19. The number of piperazine rings is 1. The number of rotatable bonds is 5. The Bertz CT molecular complexity index is 828. The molecule has 1 amide bonds. The van der Waals surface area contributed by atoms with Crippen LogP contribution >= 0.6 is 15.9 Å². The fraction of sp³-hybridized carbons (Fsp3) is 0.368. The quantitative estimate of drug-likeness (QED) is 0.726. The van der Waals surface area contributed by atoms with Gasteiger partial charge in [-0.15, -0.1) is 0 Å². The number of carbonyl (C=O) groups excluding carboxylic acids is 2. The van der Waals surface area contributed by atoms with Crippen molar-refractivity contribution >= 4 is 39.2 Å². The van der Waals surface area contributed by atoms with Gasteiger partial charge in [0, 0.05) is 26.2 Å². The van der Waals surface area contributed by atoms with E-state index >= 15 is 0 Å². The van der Waals surface area contributed by atoms with E-state index in [1.165, 1.54) is 7.11 Å². The van der Waals surface area contributed by atoms with E-state index in [4.69, 9.17) is 9.15 Å². The topological polar surface area (TPSA) is 75.0 Å². The molecule has 1 saturated heterocycles. The second-order valence-corrected chi connectivity index (χ2v) is 6.98. The average molecular weight is 436 g/mol. The van der Waals surface area contributed by atoms with E-state index in [1.54, 1.807) is 24.3 Å². The number of anilines is 2. The minimum absolute atomic E-state index is 0.187. The Labute approximate surface area is 166 Å². The maximum Gasteiger partial charge on any atom is 0.337 e. The number of halogens is 1. The Balaban J connectivity index is 1.88. The summed E-state index contributed by atoms with van der Waals surface area (Å²) in [7, 11) is 1.33. The summed E-state index contributed by atoms with van der Waals surface area (Å²) in [5.41, 5.74) is 1.81. The summed E-state index contributed by atoms with van der Waals surface area (Å²) < 4.78 is 10.6. The largest absolute Gasteiger partial charge is 0.465 e. The van der Waals surface area contributed by atoms with Crippen molar-refractivity contribution in [2.45, 2.75) is 6.92 Å². The number of esters is 1. The first kappa shape index (κ1) is 19.4. The van der Waals surface area contributed by atoms with Crippen LogP contribution < -0.4 is 10.2 Å². The van der Waals surface area contributed by atoms with Crippen LogP contribution in [0.4, 0.5) is 11.4 Å². The second-order valence-electron chi connectivity index (χ2n) is 6.20. The first-order chi connectivity index (χ1) is 13.0. The molecule has 1 N–H and O–H groups in total. The Kier molecular flexibility index (Phi) is 6.18. The van der Waals surface area contributed by atoms with Crippen LogP contribution in [0.15, 0.2) is 39.4 Å². The summed E-state index contributed by atoms with van der Waals surface area (Å²) in [6, 6.07) is 8.45. The summed E-state index contributed by atoms with van der Waals surface area (Å²) in [5.74, 6) is -0.642. The SMILES string of the molecule is CCN1CCN(c2ccc(C(=O)OC)cc2NC(=O)c2ccc(Br)o2)CC1. The van der Waals surface area contributed by atoms with Crippen molar-refractivity contribution in [3.63, 3.8) is 0 Å². The monoisotopic (exact) mass is 435 g/mol. The van der Waals surface area contributed by atoms with E-state index < -0.39 is 5.97 Å². The molecule has 1 aromatic heterocycles. The molecule has 0 atom stereocenters. The standard InChI is InChI=1S/C19H22BrN3O4/c1-3-22-8-10-23(11-9-22)15-5-4-13(19(25)26-2)12-14(15)21-18(24)16-6-7-17(20)27-16/h4-7,12H,3,8-11H2,1-2H3,(H,21,24). The predicted octanol–water partition coefficient (Wildman–Crippen LogP) is 3.22. The number of likely N-dealkylation sites (N-methyl/N-ethyl adjacent to an activating group) is 1. The number of nitrogens with zero attached hydrogens (tertiary/aromatic N) is 2. The minimum Gasteiger partial charge on any atom is -0.465 e. The third kappa shape index (κ3) is 4.51. The summed E-state index contributed by atoms with van der Waals surface area (Å²) in [6.45, 7) is 6.77. The first-order valence-electron chi connectivity index (χ1n) is 8.78. The van der Waals surface area contributed by atoms with Crippen molar-refractivity contribution in [2.24, 2.45) is 0 Å². The van der Waals surface area contributed by atoms with E-state index in [0.29, 0.717) is 15.9 Å². The molecule has 0 saturated carbocycles. The molecule has 2 aromatic rings. The molecule has 2 heterocycles. The Hall–Kier alpha value is -2.32. The zero-order valence-electron chi connectivity index (χ0n) is 15.3. The van der Waals surface area contributed by atoms with Crippen molar-refractivity contribution < 1.29 is 18.7 Å². The lowest BCUT2D eigenvalue weighted by Crippen LogP contribution is -2.46. The van der Waals surface area contributed by atoms with Gasteiger partial charge >= 0.3 is 5.97 Å². The van der Waals surface area contributed by atoms with Gasteiger partial charge in [-0.2, -0.15) is 0 Å². The van der Waals surface area contributed by atoms with Gasteiger partial charge in [0.2, 0.25) is 0 Å². The van der Waals surface area contributed by atoms with Crippen LogP contribution in [0.2, 0.25) is 0 Å². The number of hydrogen-bond donors (Lipinski definition) is 1. The van der Waals surface area contributed by atoms with Crippen molar-refractivity contribution in [2.75, 3.05) is 50.1 Å². The molecule has 0 radical (unpaired) electrons. The van der Waals surface area contributed by atoms with E-state index in [9.17, 15) is 9.59 Å². The lowest BCUT2D eigenvalue weighted by atomic mass is 10.1. The number of nitrogens with one attached hydrogen (secondary N) is 1. The van der Waals surface area contributed by atoms with Gasteiger partial charge in [0.05, 0.1) is 24.0 Å². The highest BCUT2D eigenvalue weighted by atomic mass is 79.9. The van der Waals surface area contributed by atoms with Gasteiger partial charge in [-0.25, -0.2) is 4.79 Å². The number of hydrogen-bond acceptors (Lipinski definition) is 6. The van der Waals surface area contributed by atoms with Crippen molar-refractivity contribution in [3.05, 3.63) is 46.3 Å². The maximum absolute atomic E-state index is 12.5. The number of amides is 1. The molecule has 1 fully saturated rings. The van der Waals surface area contributed by atoms with Crippen LogP contribution in [-0.4, -0.2) is 56.6 Å². The third-order valence-electron chi connectivity index (χ3n) is 4.62. The van der Waals surface area contributed by atoms with Gasteiger partial charge in [0.25, 0.3) is 5.91 Å². The van der Waals surface area contributed by atoms with E-state index in [0.717, 1.165) is 38.4 Å². The van der Waals surface area contributed by atoms with E-state index in [1.807, 2.05) is 6.07 Å². The van der Waals surface area contributed by atoms with Crippen molar-refractivity contribution in [1.82, 2.24) is 4.90 Å². The Morgan fingerprint density at radius 1 is 1.19 bits per heavy atom. The number of carbonyl (C=O) groups is 2. The molecule has 0 unspecified atom stereocenters. The maximum atomic E-state index is 12.5. The predicted molar refractivity (Wildman–Crippen MR) is 106 cm³/mol. The number of ether oxygens (including phenoxy) is 1. The first-order valence-corrected chi connectivity index (χ1v) is 9.57. The second kappa shape index (κ2) is 8.58. The third-order valence-corrected chi connectivity index (χ3v) is 5.05. The minimum atomic E-state index is -0.450. The highest BCUT2D eigenvalue weighted by molar-refractivity contribution is 9.10. The molecule has 144 valence electrons. The van der Waals surface area contributed by atoms with Gasteiger partial charge in [-0.3, -0.25) is 4.79 Å². The summed E-state index contributed by atoms with van der Waals surface area (Å²) in [5, 5.41) is 2.87. The molecule has 7 nitrogen and oxygen atoms in total. The molecule has 0 spiro atoms. The molecular formula is C19H22BrN3O4. The van der Waals surface area contributed by atoms with E-state index in [2.05, 4.69) is 38.0 Å². The molecule has 1 aromatic carbocycles. The van der Waals surface area contributed by atoms with Crippen LogP contribution in [0.5, 0.6) is 0 Å². The smallest absolute Gasteiger partial charge is 0.337 e. The van der Waals surface area contributed by atoms with Gasteiger partial charge in [0.15, 0.2) is 10.4 Å². The lowest BCUT2D eigenvalue weighted by molar-refractivity contribution is 0.0600. The Morgan fingerprint density at radius 3 is 2.52 bits per heavy atom. The van der Waals surface area contributed by atoms with Crippen LogP contribution in [-0.2, 0) is 4.74 Å². The number of benzene rings is 1. The number of methoxy groups -OCH3 is 1. The highest BCUT2D eigenvalue weighted by Crippen LogP contribution is 2.29. The van der Waals surface area contributed by atoms with Gasteiger partial charge in [0.1, 0.15) is 0 Å². The van der Waals surface area contributed by atoms with Crippen molar-refractivity contribution in [1.29, 1.82) is 0 Å². The lowest BCUT2D eigenvalue weighted by Gasteiger charge is -2.36. The summed E-state index contributed by atoms with van der Waals surface area (Å²) in [4.78, 5) is 29.0. The molecule has 27 heavy (non-hydrogen) atoms. The highest BCUT2D eigenvalue weighted by Gasteiger charge is 2.21. The fourth-order valence-electron chi connectivity index (χ4n) is 3.08. The summed E-state index contributed by atoms with van der Waals surface area (Å²) in [6.07, 6.45) is 0. The Morgan fingerprint density at radius 2 is 1.93 bits per heavy atom. The molecule has 0 bridgehead atoms. The zero-order valence-corrected chi connectivity index (χ0v) is 16.9. The van der Waals surface area contributed by atoms with Crippen molar-refractivity contribution in [3.8, 4) is 0 Å². The molecule has 1 aliphatic rings. The van der Waals surface area contributed by atoms with Crippen LogP contribution in [0, 0.1) is 0 Å². The molecule has 3 rings (SSSR count). The normalized spacial score (nSPS) is 14.9.